The van der Waals surface area contributed by atoms with Crippen molar-refractivity contribution in [1.29, 1.82) is 0 Å². The molecular weight excluding hydrogens is 382 g/mol. The standard InChI is InChI=1S/C28H51NO2/c1-4-6-8-10-11-12-13-14-15-16-17-18-19-21-25(3)26(22-20-9-7-5-2)29-27(30)23-24-28(29)31/h21,23-24,26,30-31H,4-20,22H2,1-3H3. The van der Waals surface area contributed by atoms with E-state index in [9.17, 15) is 10.2 Å². The summed E-state index contributed by atoms with van der Waals surface area (Å²) in [4.78, 5) is 0. The second-order valence-corrected chi connectivity index (χ2v) is 9.41. The van der Waals surface area contributed by atoms with Gasteiger partial charge in [0.2, 0.25) is 0 Å². The van der Waals surface area contributed by atoms with Crippen LogP contribution in [0.25, 0.3) is 0 Å². The average molecular weight is 434 g/mol. The van der Waals surface area contributed by atoms with Crippen molar-refractivity contribution in [2.45, 2.75) is 142 Å². The number of unbranched alkanes of at least 4 members (excludes halogenated alkanes) is 15. The quantitative estimate of drug-likeness (QED) is 0.159. The first-order valence-electron chi connectivity index (χ1n) is 13.4. The molecule has 2 N–H and O–H groups in total. The van der Waals surface area contributed by atoms with Crippen molar-refractivity contribution >= 4 is 0 Å². The molecule has 0 bridgehead atoms. The van der Waals surface area contributed by atoms with Crippen molar-refractivity contribution < 1.29 is 10.2 Å². The van der Waals surface area contributed by atoms with Crippen LogP contribution in [0, 0.1) is 0 Å². The van der Waals surface area contributed by atoms with E-state index in [1.54, 1.807) is 16.7 Å². The molecule has 1 aromatic rings. The van der Waals surface area contributed by atoms with Crippen LogP contribution in [0.2, 0.25) is 0 Å². The Kier molecular flexibility index (Phi) is 16.3. The summed E-state index contributed by atoms with van der Waals surface area (Å²) in [6.07, 6.45) is 25.7. The normalized spacial score (nSPS) is 13.1. The van der Waals surface area contributed by atoms with Gasteiger partial charge in [-0.2, -0.15) is 0 Å². The maximum atomic E-state index is 10.2. The van der Waals surface area contributed by atoms with Gasteiger partial charge >= 0.3 is 0 Å². The summed E-state index contributed by atoms with van der Waals surface area (Å²) < 4.78 is 1.69. The minimum absolute atomic E-state index is 0.0594. The van der Waals surface area contributed by atoms with Gasteiger partial charge in [-0.15, -0.1) is 0 Å². The summed E-state index contributed by atoms with van der Waals surface area (Å²) in [5.74, 6) is 0.326. The minimum Gasteiger partial charge on any atom is -0.494 e. The van der Waals surface area contributed by atoms with Crippen LogP contribution in [-0.4, -0.2) is 14.8 Å². The molecule has 1 atom stereocenters. The largest absolute Gasteiger partial charge is 0.494 e. The molecule has 180 valence electrons. The van der Waals surface area contributed by atoms with Crippen LogP contribution in [0.4, 0.5) is 0 Å². The highest BCUT2D eigenvalue weighted by Gasteiger charge is 2.18. The number of aromatic nitrogens is 1. The number of nitrogens with zero attached hydrogens (tertiary/aromatic N) is 1. The lowest BCUT2D eigenvalue weighted by Gasteiger charge is -2.22. The number of hydrogen-bond acceptors (Lipinski definition) is 2. The van der Waals surface area contributed by atoms with Crippen LogP contribution in [0.3, 0.4) is 0 Å². The molecule has 0 amide bonds. The molecule has 0 spiro atoms. The summed E-state index contributed by atoms with van der Waals surface area (Å²) >= 11 is 0. The average Bonchev–Trinajstić information content (AvgIpc) is 3.09. The molecule has 0 saturated carbocycles. The lowest BCUT2D eigenvalue weighted by atomic mass is 9.99. The van der Waals surface area contributed by atoms with Crippen LogP contribution in [0.5, 0.6) is 11.8 Å². The van der Waals surface area contributed by atoms with Crippen LogP contribution in [0.1, 0.15) is 142 Å². The summed E-state index contributed by atoms with van der Waals surface area (Å²) in [6, 6.07) is 3.24. The molecule has 1 unspecified atom stereocenters. The fraction of sp³-hybridized carbons (Fsp3) is 0.786. The zero-order valence-corrected chi connectivity index (χ0v) is 20.9. The Morgan fingerprint density at radius 1 is 0.710 bits per heavy atom. The molecule has 0 aliphatic carbocycles. The molecular formula is C28H51NO2. The first-order valence-corrected chi connectivity index (χ1v) is 13.4. The van der Waals surface area contributed by atoms with Gasteiger partial charge in [-0.3, -0.25) is 4.57 Å². The third-order valence-corrected chi connectivity index (χ3v) is 6.57. The van der Waals surface area contributed by atoms with Crippen molar-refractivity contribution in [2.24, 2.45) is 0 Å². The molecule has 0 radical (unpaired) electrons. The molecule has 0 aromatic carbocycles. The molecule has 3 nitrogen and oxygen atoms in total. The van der Waals surface area contributed by atoms with E-state index in [1.165, 1.54) is 102 Å². The maximum Gasteiger partial charge on any atom is 0.194 e. The Morgan fingerprint density at radius 2 is 1.13 bits per heavy atom. The van der Waals surface area contributed by atoms with Gasteiger partial charge in [0.05, 0.1) is 6.04 Å². The van der Waals surface area contributed by atoms with E-state index in [2.05, 4.69) is 26.8 Å². The zero-order chi connectivity index (χ0) is 22.7. The van der Waals surface area contributed by atoms with Gasteiger partial charge < -0.3 is 10.2 Å². The minimum atomic E-state index is 0.0594. The Hall–Kier alpha value is -1.38. The molecule has 0 fully saturated rings. The zero-order valence-electron chi connectivity index (χ0n) is 20.9. The van der Waals surface area contributed by atoms with Crippen LogP contribution in [-0.2, 0) is 0 Å². The van der Waals surface area contributed by atoms with Gasteiger partial charge in [0.25, 0.3) is 0 Å². The van der Waals surface area contributed by atoms with E-state index < -0.39 is 0 Å². The molecule has 3 heteroatoms. The van der Waals surface area contributed by atoms with E-state index >= 15 is 0 Å². The highest BCUT2D eigenvalue weighted by molar-refractivity contribution is 5.28. The monoisotopic (exact) mass is 433 g/mol. The number of aromatic hydroxyl groups is 2. The smallest absolute Gasteiger partial charge is 0.194 e. The SMILES string of the molecule is CCCCCCCCCCCCCCC=C(C)C(CCCCCC)n1c(O)ccc1O. The Balaban J connectivity index is 2.27. The fourth-order valence-corrected chi connectivity index (χ4v) is 4.52. The lowest BCUT2D eigenvalue weighted by Crippen LogP contribution is -2.10. The van der Waals surface area contributed by atoms with Crippen molar-refractivity contribution in [3.05, 3.63) is 23.8 Å². The molecule has 1 rings (SSSR count). The molecule has 0 aliphatic rings. The van der Waals surface area contributed by atoms with Crippen molar-refractivity contribution in [3.63, 3.8) is 0 Å². The number of allylic oxidation sites excluding steroid dienone is 2. The Morgan fingerprint density at radius 3 is 1.61 bits per heavy atom. The van der Waals surface area contributed by atoms with Crippen molar-refractivity contribution in [3.8, 4) is 11.8 Å². The molecule has 1 aromatic heterocycles. The second kappa shape index (κ2) is 18.2. The molecule has 0 saturated heterocycles. The van der Waals surface area contributed by atoms with E-state index in [4.69, 9.17) is 0 Å². The van der Waals surface area contributed by atoms with Gasteiger partial charge in [0.15, 0.2) is 11.8 Å². The van der Waals surface area contributed by atoms with Crippen LogP contribution in [0.15, 0.2) is 23.8 Å². The second-order valence-electron chi connectivity index (χ2n) is 9.41. The summed E-state index contributed by atoms with van der Waals surface area (Å²) in [5, 5.41) is 20.4. The van der Waals surface area contributed by atoms with Crippen LogP contribution >= 0.6 is 0 Å². The summed E-state index contributed by atoms with van der Waals surface area (Å²) in [6.45, 7) is 6.66. The Labute approximate surface area is 193 Å². The number of hydrogen-bond donors (Lipinski definition) is 2. The van der Waals surface area contributed by atoms with E-state index in [0.717, 1.165) is 19.3 Å². The van der Waals surface area contributed by atoms with Gasteiger partial charge in [-0.05, 0) is 26.2 Å². The van der Waals surface area contributed by atoms with Crippen molar-refractivity contribution in [1.82, 2.24) is 4.57 Å². The Bertz CT molecular complexity index is 556. The molecule has 31 heavy (non-hydrogen) atoms. The third kappa shape index (κ3) is 12.3. The third-order valence-electron chi connectivity index (χ3n) is 6.57. The van der Waals surface area contributed by atoms with Crippen LogP contribution < -0.4 is 0 Å². The predicted molar refractivity (Wildman–Crippen MR) is 135 cm³/mol. The highest BCUT2D eigenvalue weighted by Crippen LogP contribution is 2.34. The summed E-state index contributed by atoms with van der Waals surface area (Å²) in [5.41, 5.74) is 1.27. The van der Waals surface area contributed by atoms with Gasteiger partial charge in [0.1, 0.15) is 0 Å². The number of rotatable bonds is 20. The first kappa shape index (κ1) is 27.7. The molecule has 0 aliphatic heterocycles. The first-order chi connectivity index (χ1) is 15.1. The maximum absolute atomic E-state index is 10.2. The highest BCUT2D eigenvalue weighted by atomic mass is 16.3. The fourth-order valence-electron chi connectivity index (χ4n) is 4.52. The predicted octanol–water partition coefficient (Wildman–Crippen LogP) is 9.45. The topological polar surface area (TPSA) is 45.4 Å². The lowest BCUT2D eigenvalue weighted by molar-refractivity contribution is 0.336. The molecule has 1 heterocycles. The summed E-state index contributed by atoms with van der Waals surface area (Å²) in [7, 11) is 0. The van der Waals surface area contributed by atoms with E-state index in [0.29, 0.717) is 0 Å². The van der Waals surface area contributed by atoms with E-state index in [-0.39, 0.29) is 17.8 Å². The van der Waals surface area contributed by atoms with Gasteiger partial charge in [0, 0.05) is 12.1 Å². The van der Waals surface area contributed by atoms with Gasteiger partial charge in [-0.25, -0.2) is 0 Å². The van der Waals surface area contributed by atoms with E-state index in [1.807, 2.05) is 0 Å². The van der Waals surface area contributed by atoms with Gasteiger partial charge in [-0.1, -0.05) is 122 Å². The van der Waals surface area contributed by atoms with Crippen molar-refractivity contribution in [2.75, 3.05) is 0 Å².